The normalized spacial score (nSPS) is 17.5. The van der Waals surface area contributed by atoms with E-state index in [0.29, 0.717) is 35.7 Å². The van der Waals surface area contributed by atoms with E-state index in [1.165, 1.54) is 7.05 Å². The average molecular weight is 480 g/mol. The largest absolute Gasteiger partial charge is 0.496 e. The molecule has 0 saturated carbocycles. The highest BCUT2D eigenvalue weighted by molar-refractivity contribution is 7.90. The summed E-state index contributed by atoms with van der Waals surface area (Å²) in [4.78, 5) is 11.6. The highest BCUT2D eigenvalue weighted by Gasteiger charge is 2.41. The number of carbonyl (C=O) groups excluding carboxylic acids is 1. The van der Waals surface area contributed by atoms with Gasteiger partial charge < -0.3 is 14.8 Å². The smallest absolute Gasteiger partial charge is 0.328 e. The van der Waals surface area contributed by atoms with Crippen molar-refractivity contribution in [3.05, 3.63) is 70.8 Å². The van der Waals surface area contributed by atoms with Gasteiger partial charge in [-0.2, -0.15) is 0 Å². The molecule has 2 aromatic carbocycles. The fraction of sp³-hybridized carbons (Fsp3) is 0.318. The van der Waals surface area contributed by atoms with E-state index in [1.54, 1.807) is 37.5 Å². The fourth-order valence-corrected chi connectivity index (χ4v) is 4.79. The molecule has 1 saturated heterocycles. The van der Waals surface area contributed by atoms with Gasteiger partial charge in [-0.05, 0) is 48.2 Å². The second-order valence-electron chi connectivity index (χ2n) is 7.19. The molecule has 2 atom stereocenters. The Kier molecular flexibility index (Phi) is 7.78. The molecule has 2 aromatic rings. The number of carbonyl (C=O) groups is 1. The van der Waals surface area contributed by atoms with Gasteiger partial charge >= 0.3 is 6.03 Å². The van der Waals surface area contributed by atoms with Crippen molar-refractivity contribution in [2.24, 2.45) is 0 Å². The van der Waals surface area contributed by atoms with Gasteiger partial charge in [-0.3, -0.25) is 5.32 Å². The van der Waals surface area contributed by atoms with E-state index in [2.05, 4.69) is 17.2 Å². The summed E-state index contributed by atoms with van der Waals surface area (Å²) in [7, 11) is -1.07. The van der Waals surface area contributed by atoms with E-state index in [0.717, 1.165) is 11.1 Å². The molecule has 0 aliphatic carbocycles. The standard InChI is InChI=1S/C22H26ClN3O5S/c1-4-5-15-7-6-14(12-19(15)32(28,29)26-22(27)24-2)10-11-25-21-20(31-21)17-13-16(23)8-9-18(17)30-3/h4,6-9,12-13,20-21,25H,1,5,10-11H2,2-3H3,(H2,24,26,27). The molecule has 0 bridgehead atoms. The second-order valence-corrected chi connectivity index (χ2v) is 9.27. The van der Waals surface area contributed by atoms with E-state index in [-0.39, 0.29) is 17.2 Å². The van der Waals surface area contributed by atoms with Gasteiger partial charge in [0.15, 0.2) is 0 Å². The van der Waals surface area contributed by atoms with Crippen molar-refractivity contribution in [3.8, 4) is 5.75 Å². The summed E-state index contributed by atoms with van der Waals surface area (Å²) < 4.78 is 38.4. The number of benzene rings is 2. The second kappa shape index (κ2) is 10.4. The number of rotatable bonds is 10. The molecule has 1 heterocycles. The van der Waals surface area contributed by atoms with Crippen LogP contribution in [0, 0.1) is 0 Å². The minimum atomic E-state index is -4.01. The number of epoxide rings is 1. The minimum absolute atomic E-state index is 0.0581. The molecule has 2 unspecified atom stereocenters. The first-order valence-corrected chi connectivity index (χ1v) is 11.8. The molecule has 3 N–H and O–H groups in total. The Morgan fingerprint density at radius 2 is 2.06 bits per heavy atom. The maximum absolute atomic E-state index is 12.7. The number of nitrogens with one attached hydrogen (secondary N) is 3. The molecule has 3 rings (SSSR count). The maximum atomic E-state index is 12.7. The Balaban J connectivity index is 1.66. The topological polar surface area (TPSA) is 109 Å². The number of methoxy groups -OCH3 is 1. The SMILES string of the molecule is C=CCc1ccc(CCNC2OC2c2cc(Cl)ccc2OC)cc1S(=O)(=O)NC(=O)NC. The summed E-state index contributed by atoms with van der Waals surface area (Å²) in [5.74, 6) is 0.708. The quantitative estimate of drug-likeness (QED) is 0.357. The van der Waals surface area contributed by atoms with E-state index >= 15 is 0 Å². The first-order valence-electron chi connectivity index (χ1n) is 9.98. The van der Waals surface area contributed by atoms with Gasteiger partial charge in [0, 0.05) is 24.2 Å². The van der Waals surface area contributed by atoms with Crippen LogP contribution in [-0.2, 0) is 27.6 Å². The van der Waals surface area contributed by atoms with Crippen molar-refractivity contribution in [1.82, 2.24) is 15.4 Å². The van der Waals surface area contributed by atoms with Gasteiger partial charge in [-0.1, -0.05) is 29.8 Å². The molecule has 1 aliphatic heterocycles. The van der Waals surface area contributed by atoms with E-state index in [1.807, 2.05) is 16.9 Å². The minimum Gasteiger partial charge on any atom is -0.496 e. The zero-order valence-corrected chi connectivity index (χ0v) is 19.4. The first kappa shape index (κ1) is 24.1. The lowest BCUT2D eigenvalue weighted by atomic mass is 10.1. The molecular formula is C22H26ClN3O5S. The predicted octanol–water partition coefficient (Wildman–Crippen LogP) is 2.92. The summed E-state index contributed by atoms with van der Waals surface area (Å²) >= 11 is 6.09. The Morgan fingerprint density at radius 1 is 1.28 bits per heavy atom. The molecule has 172 valence electrons. The highest BCUT2D eigenvalue weighted by atomic mass is 35.5. The number of ether oxygens (including phenoxy) is 2. The first-order chi connectivity index (χ1) is 15.3. The van der Waals surface area contributed by atoms with Crippen LogP contribution in [0.3, 0.4) is 0 Å². The van der Waals surface area contributed by atoms with Crippen LogP contribution < -0.4 is 20.1 Å². The van der Waals surface area contributed by atoms with Crippen LogP contribution in [0.25, 0.3) is 0 Å². The molecule has 1 fully saturated rings. The number of urea groups is 1. The average Bonchev–Trinajstić information content (AvgIpc) is 3.53. The number of hydrogen-bond acceptors (Lipinski definition) is 6. The van der Waals surface area contributed by atoms with Crippen LogP contribution in [-0.4, -0.2) is 41.4 Å². The van der Waals surface area contributed by atoms with Gasteiger partial charge in [-0.15, -0.1) is 6.58 Å². The van der Waals surface area contributed by atoms with Crippen LogP contribution in [0.4, 0.5) is 4.79 Å². The third kappa shape index (κ3) is 5.80. The Bertz CT molecular complexity index is 1110. The lowest BCUT2D eigenvalue weighted by Crippen LogP contribution is -2.37. The molecule has 2 amide bonds. The van der Waals surface area contributed by atoms with E-state index < -0.39 is 16.1 Å². The van der Waals surface area contributed by atoms with Crippen molar-refractivity contribution in [3.63, 3.8) is 0 Å². The number of allylic oxidation sites excluding steroid dienone is 1. The monoisotopic (exact) mass is 479 g/mol. The van der Waals surface area contributed by atoms with E-state index in [4.69, 9.17) is 21.1 Å². The van der Waals surface area contributed by atoms with Crippen molar-refractivity contribution >= 4 is 27.7 Å². The fourth-order valence-electron chi connectivity index (χ4n) is 3.35. The molecular weight excluding hydrogens is 454 g/mol. The summed E-state index contributed by atoms with van der Waals surface area (Å²) in [5, 5.41) is 6.15. The molecule has 8 nitrogen and oxygen atoms in total. The number of halogens is 1. The van der Waals surface area contributed by atoms with Crippen molar-refractivity contribution in [2.75, 3.05) is 20.7 Å². The Labute approximate surface area is 193 Å². The van der Waals surface area contributed by atoms with Crippen LogP contribution in [0.5, 0.6) is 5.75 Å². The van der Waals surface area contributed by atoms with Crippen molar-refractivity contribution < 1.29 is 22.7 Å². The molecule has 0 radical (unpaired) electrons. The number of hydrogen-bond donors (Lipinski definition) is 3. The summed E-state index contributed by atoms with van der Waals surface area (Å²) in [6.45, 7) is 4.23. The Morgan fingerprint density at radius 3 is 2.75 bits per heavy atom. The molecule has 32 heavy (non-hydrogen) atoms. The summed E-state index contributed by atoms with van der Waals surface area (Å²) in [6, 6.07) is 9.77. The lowest BCUT2D eigenvalue weighted by Gasteiger charge is -2.12. The highest BCUT2D eigenvalue weighted by Crippen LogP contribution is 2.42. The van der Waals surface area contributed by atoms with Gasteiger partial charge in [-0.25, -0.2) is 17.9 Å². The van der Waals surface area contributed by atoms with E-state index in [9.17, 15) is 13.2 Å². The summed E-state index contributed by atoms with van der Waals surface area (Å²) in [5.41, 5.74) is 2.24. The van der Waals surface area contributed by atoms with Crippen LogP contribution in [0.15, 0.2) is 53.9 Å². The molecule has 10 heteroatoms. The molecule has 0 spiro atoms. The van der Waals surface area contributed by atoms with Crippen LogP contribution in [0.1, 0.15) is 22.8 Å². The molecule has 1 aliphatic rings. The van der Waals surface area contributed by atoms with Crippen molar-refractivity contribution in [1.29, 1.82) is 0 Å². The van der Waals surface area contributed by atoms with Gasteiger partial charge in [0.05, 0.1) is 12.0 Å². The Hall–Kier alpha value is -2.59. The van der Waals surface area contributed by atoms with Gasteiger partial charge in [0.25, 0.3) is 10.0 Å². The molecule has 0 aromatic heterocycles. The number of sulfonamides is 1. The van der Waals surface area contributed by atoms with Crippen LogP contribution in [0.2, 0.25) is 5.02 Å². The van der Waals surface area contributed by atoms with Gasteiger partial charge in [0.1, 0.15) is 18.1 Å². The predicted molar refractivity (Wildman–Crippen MR) is 122 cm³/mol. The maximum Gasteiger partial charge on any atom is 0.328 e. The zero-order chi connectivity index (χ0) is 23.3. The third-order valence-corrected chi connectivity index (χ3v) is 6.64. The van der Waals surface area contributed by atoms with Crippen molar-refractivity contribution in [2.45, 2.75) is 30.1 Å². The third-order valence-electron chi connectivity index (χ3n) is 4.99. The number of amides is 2. The van der Waals surface area contributed by atoms with Crippen LogP contribution >= 0.6 is 11.6 Å². The lowest BCUT2D eigenvalue weighted by molar-refractivity contribution is 0.248. The zero-order valence-electron chi connectivity index (χ0n) is 17.9. The van der Waals surface area contributed by atoms with Gasteiger partial charge in [0.2, 0.25) is 0 Å². The summed E-state index contributed by atoms with van der Waals surface area (Å²) in [6.07, 6.45) is 2.20.